The molecule has 2 atom stereocenters. The van der Waals surface area contributed by atoms with Gasteiger partial charge in [0.15, 0.2) is 9.84 Å². The number of nitrogens with one attached hydrogen (secondary N) is 1. The Morgan fingerprint density at radius 3 is 2.65 bits per heavy atom. The number of nitrogens with zero attached hydrogens (tertiary/aromatic N) is 1. The van der Waals surface area contributed by atoms with Gasteiger partial charge in [-0.15, -0.1) is 0 Å². The molecule has 0 aromatic carbocycles. The molecule has 2 unspecified atom stereocenters. The van der Waals surface area contributed by atoms with Crippen LogP contribution in [0.3, 0.4) is 0 Å². The van der Waals surface area contributed by atoms with Gasteiger partial charge in [-0.1, -0.05) is 0 Å². The van der Waals surface area contributed by atoms with Gasteiger partial charge < -0.3 is 5.32 Å². The van der Waals surface area contributed by atoms with E-state index in [0.29, 0.717) is 32.4 Å². The summed E-state index contributed by atoms with van der Waals surface area (Å²) in [5, 5.41) is 2.81. The Hall–Kier alpha value is -0.340. The zero-order valence-electron chi connectivity index (χ0n) is 11.3. The van der Waals surface area contributed by atoms with Crippen molar-refractivity contribution in [2.45, 2.75) is 31.5 Å². The molecule has 2 fully saturated rings. The second-order valence-electron chi connectivity index (χ2n) is 5.73. The number of alkyl halides is 3. The van der Waals surface area contributed by atoms with Gasteiger partial charge in [-0.2, -0.15) is 13.2 Å². The summed E-state index contributed by atoms with van der Waals surface area (Å²) in [6, 6.07) is -1.50. The molecule has 0 radical (unpaired) electrons. The molecule has 0 aliphatic carbocycles. The standard InChI is InChI=1S/C12H21F3N2O2S/c13-12(14,15)11-7-16-4-2-5-17(11)8-10-3-1-6-20(18,19)9-10/h10-11,16H,1-9H2. The average molecular weight is 314 g/mol. The van der Waals surface area contributed by atoms with Crippen molar-refractivity contribution < 1.29 is 21.6 Å². The molecule has 4 nitrogen and oxygen atoms in total. The molecule has 2 aliphatic heterocycles. The molecule has 0 aromatic heterocycles. The predicted molar refractivity (Wildman–Crippen MR) is 70.3 cm³/mol. The van der Waals surface area contributed by atoms with Crippen LogP contribution in [0.15, 0.2) is 0 Å². The van der Waals surface area contributed by atoms with E-state index in [-0.39, 0.29) is 30.5 Å². The van der Waals surface area contributed by atoms with E-state index in [2.05, 4.69) is 5.32 Å². The lowest BCUT2D eigenvalue weighted by Crippen LogP contribution is -2.51. The van der Waals surface area contributed by atoms with Crippen LogP contribution < -0.4 is 5.32 Å². The van der Waals surface area contributed by atoms with Crippen LogP contribution in [0.1, 0.15) is 19.3 Å². The summed E-state index contributed by atoms with van der Waals surface area (Å²) in [5.74, 6) is 0.0339. The van der Waals surface area contributed by atoms with Crippen molar-refractivity contribution in [1.29, 1.82) is 0 Å². The maximum absolute atomic E-state index is 13.1. The third kappa shape index (κ3) is 4.33. The van der Waals surface area contributed by atoms with E-state index < -0.39 is 22.1 Å². The predicted octanol–water partition coefficient (Wildman–Crippen LogP) is 1.04. The molecule has 2 rings (SSSR count). The minimum Gasteiger partial charge on any atom is -0.315 e. The monoisotopic (exact) mass is 314 g/mol. The molecule has 0 aromatic rings. The topological polar surface area (TPSA) is 49.4 Å². The molecule has 2 heterocycles. The van der Waals surface area contributed by atoms with Crippen molar-refractivity contribution in [3.63, 3.8) is 0 Å². The van der Waals surface area contributed by atoms with E-state index in [1.807, 2.05) is 0 Å². The van der Waals surface area contributed by atoms with Gasteiger partial charge in [-0.25, -0.2) is 8.42 Å². The molecule has 0 bridgehead atoms. The van der Waals surface area contributed by atoms with Crippen molar-refractivity contribution in [1.82, 2.24) is 10.2 Å². The van der Waals surface area contributed by atoms with Gasteiger partial charge in [-0.05, 0) is 31.7 Å². The van der Waals surface area contributed by atoms with E-state index in [9.17, 15) is 21.6 Å². The minimum absolute atomic E-state index is 0.0293. The third-order valence-electron chi connectivity index (χ3n) is 4.01. The minimum atomic E-state index is -4.27. The van der Waals surface area contributed by atoms with Gasteiger partial charge in [0.05, 0.1) is 11.5 Å². The van der Waals surface area contributed by atoms with Crippen molar-refractivity contribution in [2.75, 3.05) is 37.7 Å². The maximum atomic E-state index is 13.1. The highest BCUT2D eigenvalue weighted by Crippen LogP contribution is 2.28. The highest BCUT2D eigenvalue weighted by molar-refractivity contribution is 7.91. The van der Waals surface area contributed by atoms with Crippen LogP contribution in [-0.2, 0) is 9.84 Å². The molecule has 0 spiro atoms. The summed E-state index contributed by atoms with van der Waals surface area (Å²) < 4.78 is 62.4. The molecule has 2 aliphatic rings. The fourth-order valence-corrected chi connectivity index (χ4v) is 4.83. The Morgan fingerprint density at radius 2 is 2.00 bits per heavy atom. The zero-order valence-corrected chi connectivity index (χ0v) is 12.1. The first kappa shape index (κ1) is 16.0. The molecule has 2 saturated heterocycles. The molecular weight excluding hydrogens is 293 g/mol. The van der Waals surface area contributed by atoms with Crippen LogP contribution in [0.5, 0.6) is 0 Å². The van der Waals surface area contributed by atoms with Crippen molar-refractivity contribution >= 4 is 9.84 Å². The molecule has 20 heavy (non-hydrogen) atoms. The highest BCUT2D eigenvalue weighted by atomic mass is 32.2. The van der Waals surface area contributed by atoms with Gasteiger partial charge in [-0.3, -0.25) is 4.90 Å². The summed E-state index contributed by atoms with van der Waals surface area (Å²) in [6.45, 7) is 1.06. The summed E-state index contributed by atoms with van der Waals surface area (Å²) in [4.78, 5) is 1.42. The van der Waals surface area contributed by atoms with Crippen LogP contribution in [-0.4, -0.2) is 63.2 Å². The van der Waals surface area contributed by atoms with Gasteiger partial charge in [0.25, 0.3) is 0 Å². The first-order chi connectivity index (χ1) is 9.28. The van der Waals surface area contributed by atoms with E-state index in [4.69, 9.17) is 0 Å². The highest BCUT2D eigenvalue weighted by Gasteiger charge is 2.44. The van der Waals surface area contributed by atoms with Crippen LogP contribution >= 0.6 is 0 Å². The first-order valence-electron chi connectivity index (χ1n) is 7.00. The van der Waals surface area contributed by atoms with Crippen molar-refractivity contribution in [2.24, 2.45) is 5.92 Å². The summed E-state index contributed by atoms with van der Waals surface area (Å²) in [6.07, 6.45) is -2.35. The number of rotatable bonds is 2. The van der Waals surface area contributed by atoms with Crippen LogP contribution in [0.4, 0.5) is 13.2 Å². The first-order valence-corrected chi connectivity index (χ1v) is 8.82. The van der Waals surface area contributed by atoms with Gasteiger partial charge in [0.2, 0.25) is 0 Å². The Labute approximate surface area is 117 Å². The average Bonchev–Trinajstić information content (AvgIpc) is 2.52. The van der Waals surface area contributed by atoms with Gasteiger partial charge >= 0.3 is 6.18 Å². The van der Waals surface area contributed by atoms with Crippen molar-refractivity contribution in [3.05, 3.63) is 0 Å². The van der Waals surface area contributed by atoms with E-state index in [0.717, 1.165) is 0 Å². The van der Waals surface area contributed by atoms with E-state index in [1.54, 1.807) is 0 Å². The zero-order chi connectivity index (χ0) is 14.8. The normalized spacial score (nSPS) is 32.8. The molecule has 0 saturated carbocycles. The fraction of sp³-hybridized carbons (Fsp3) is 1.00. The molecule has 118 valence electrons. The Morgan fingerprint density at radius 1 is 1.25 bits per heavy atom. The van der Waals surface area contributed by atoms with E-state index >= 15 is 0 Å². The largest absolute Gasteiger partial charge is 0.405 e. The SMILES string of the molecule is O=S1(=O)CCCC(CN2CCCNCC2C(F)(F)F)C1. The Balaban J connectivity index is 2.04. The Kier molecular flexibility index (Phi) is 4.96. The van der Waals surface area contributed by atoms with Crippen LogP contribution in [0, 0.1) is 5.92 Å². The molecule has 8 heteroatoms. The molecule has 1 N–H and O–H groups in total. The summed E-state index contributed by atoms with van der Waals surface area (Å²) >= 11 is 0. The molecule has 0 amide bonds. The quantitative estimate of drug-likeness (QED) is 0.827. The number of halogens is 3. The second kappa shape index (κ2) is 6.19. The van der Waals surface area contributed by atoms with Gasteiger partial charge in [0, 0.05) is 19.6 Å². The number of hydrogen-bond donors (Lipinski definition) is 1. The smallest absolute Gasteiger partial charge is 0.315 e. The maximum Gasteiger partial charge on any atom is 0.405 e. The lowest BCUT2D eigenvalue weighted by atomic mass is 10.0. The van der Waals surface area contributed by atoms with Crippen LogP contribution in [0.25, 0.3) is 0 Å². The molecular formula is C12H21F3N2O2S. The summed E-state index contributed by atoms with van der Waals surface area (Å²) in [7, 11) is -3.07. The van der Waals surface area contributed by atoms with E-state index in [1.165, 1.54) is 4.90 Å². The lowest BCUT2D eigenvalue weighted by molar-refractivity contribution is -0.182. The number of hydrogen-bond acceptors (Lipinski definition) is 4. The Bertz CT molecular complexity index is 425. The fourth-order valence-electron chi connectivity index (χ4n) is 3.07. The summed E-state index contributed by atoms with van der Waals surface area (Å²) in [5.41, 5.74) is 0. The third-order valence-corrected chi connectivity index (χ3v) is 5.90. The van der Waals surface area contributed by atoms with Crippen molar-refractivity contribution in [3.8, 4) is 0 Å². The van der Waals surface area contributed by atoms with Gasteiger partial charge in [0.1, 0.15) is 6.04 Å². The lowest BCUT2D eigenvalue weighted by Gasteiger charge is -2.35. The van der Waals surface area contributed by atoms with Crippen LogP contribution in [0.2, 0.25) is 0 Å². The number of sulfone groups is 1. The second-order valence-corrected chi connectivity index (χ2v) is 7.96.